The van der Waals surface area contributed by atoms with Crippen LogP contribution in [0.15, 0.2) is 35.4 Å². The summed E-state index contributed by atoms with van der Waals surface area (Å²) >= 11 is 0. The Morgan fingerprint density at radius 3 is 2.67 bits per heavy atom. The standard InChI is InChI=1S/C17H21N3O/c1-2-14(21)20-16(13-6-4-3-5-7-13)17-15(18-20)12-8-10-19(17)11-9-12/h3-7,12,16-17H,2,8-11H2,1H3/p+1/t16-,17-/m1/s1. The van der Waals surface area contributed by atoms with Crippen molar-refractivity contribution in [1.29, 1.82) is 0 Å². The van der Waals surface area contributed by atoms with Crippen LogP contribution < -0.4 is 4.90 Å². The molecular formula is C17H22N3O+. The van der Waals surface area contributed by atoms with Crippen molar-refractivity contribution in [1.82, 2.24) is 5.01 Å². The molecule has 4 heterocycles. The minimum atomic E-state index is 0.103. The van der Waals surface area contributed by atoms with Gasteiger partial charge in [0.15, 0.2) is 6.04 Å². The molecule has 4 heteroatoms. The molecule has 0 unspecified atom stereocenters. The van der Waals surface area contributed by atoms with Gasteiger partial charge in [-0.2, -0.15) is 5.10 Å². The Kier molecular flexibility index (Phi) is 3.07. The van der Waals surface area contributed by atoms with Crippen LogP contribution in [0.5, 0.6) is 0 Å². The highest BCUT2D eigenvalue weighted by molar-refractivity contribution is 5.96. The number of hydrazone groups is 1. The summed E-state index contributed by atoms with van der Waals surface area (Å²) < 4.78 is 0. The van der Waals surface area contributed by atoms with Crippen LogP contribution in [0.4, 0.5) is 0 Å². The van der Waals surface area contributed by atoms with Gasteiger partial charge in [-0.3, -0.25) is 4.79 Å². The number of carbonyl (C=O) groups is 1. The lowest BCUT2D eigenvalue weighted by Gasteiger charge is -2.42. The second-order valence-electron chi connectivity index (χ2n) is 6.38. The molecule has 5 rings (SSSR count). The Labute approximate surface area is 125 Å². The number of carbonyl (C=O) groups excluding carboxylic acids is 1. The molecule has 3 saturated heterocycles. The zero-order chi connectivity index (χ0) is 14.4. The molecule has 0 radical (unpaired) electrons. The Bertz CT molecular complexity index is 575. The van der Waals surface area contributed by atoms with E-state index >= 15 is 0 Å². The highest BCUT2D eigenvalue weighted by Gasteiger charge is 2.54. The summed E-state index contributed by atoms with van der Waals surface area (Å²) in [6.07, 6.45) is 2.99. The van der Waals surface area contributed by atoms with Crippen molar-refractivity contribution in [3.05, 3.63) is 35.9 Å². The van der Waals surface area contributed by atoms with Gasteiger partial charge in [0.05, 0.1) is 13.1 Å². The second kappa shape index (κ2) is 4.95. The number of piperidine rings is 3. The molecule has 110 valence electrons. The minimum absolute atomic E-state index is 0.103. The molecule has 1 amide bonds. The molecule has 4 aliphatic heterocycles. The number of amides is 1. The predicted octanol–water partition coefficient (Wildman–Crippen LogP) is 1.01. The van der Waals surface area contributed by atoms with Crippen LogP contribution in [0.2, 0.25) is 0 Å². The molecule has 4 nitrogen and oxygen atoms in total. The fraction of sp³-hybridized carbons (Fsp3) is 0.529. The first-order chi connectivity index (χ1) is 10.3. The number of hydrogen-bond acceptors (Lipinski definition) is 2. The third kappa shape index (κ3) is 1.93. The van der Waals surface area contributed by atoms with Crippen LogP contribution in [0, 0.1) is 5.92 Å². The Hall–Kier alpha value is -1.68. The van der Waals surface area contributed by atoms with Gasteiger partial charge in [-0.05, 0) is 5.56 Å². The normalized spacial score (nSPS) is 33.8. The van der Waals surface area contributed by atoms with E-state index in [1.165, 1.54) is 37.2 Å². The molecule has 1 N–H and O–H groups in total. The van der Waals surface area contributed by atoms with Crippen LogP contribution in [-0.2, 0) is 4.79 Å². The Balaban J connectivity index is 1.77. The van der Waals surface area contributed by atoms with Gasteiger partial charge < -0.3 is 4.90 Å². The van der Waals surface area contributed by atoms with Gasteiger partial charge >= 0.3 is 0 Å². The lowest BCUT2D eigenvalue weighted by molar-refractivity contribution is -0.927. The summed E-state index contributed by atoms with van der Waals surface area (Å²) in [6.45, 7) is 4.38. The maximum absolute atomic E-state index is 12.4. The number of nitrogens with one attached hydrogen (secondary N) is 1. The SMILES string of the molecule is CCC(=O)N1N=C2C3CC[NH+](CC3)[C@H]2[C@H]1c1ccccc1. The van der Waals surface area contributed by atoms with Crippen LogP contribution in [-0.4, -0.2) is 35.8 Å². The molecule has 2 bridgehead atoms. The molecular weight excluding hydrogens is 262 g/mol. The lowest BCUT2D eigenvalue weighted by atomic mass is 9.78. The summed E-state index contributed by atoms with van der Waals surface area (Å²) in [5.74, 6) is 0.749. The van der Waals surface area contributed by atoms with Crippen LogP contribution in [0.1, 0.15) is 37.8 Å². The first-order valence-corrected chi connectivity index (χ1v) is 8.09. The van der Waals surface area contributed by atoms with Gasteiger partial charge in [0.25, 0.3) is 0 Å². The highest BCUT2D eigenvalue weighted by atomic mass is 16.2. The number of quaternary nitrogens is 1. The summed E-state index contributed by atoms with van der Waals surface area (Å²) in [5.41, 5.74) is 2.52. The third-order valence-corrected chi connectivity index (χ3v) is 5.31. The minimum Gasteiger partial charge on any atom is -0.326 e. The summed E-state index contributed by atoms with van der Waals surface area (Å²) in [4.78, 5) is 14.0. The van der Waals surface area contributed by atoms with Crippen molar-refractivity contribution in [3.63, 3.8) is 0 Å². The molecule has 2 atom stereocenters. The first-order valence-electron chi connectivity index (χ1n) is 8.09. The lowest BCUT2D eigenvalue weighted by Crippen LogP contribution is -3.20. The number of hydrogen-bond donors (Lipinski definition) is 1. The van der Waals surface area contributed by atoms with Crippen molar-refractivity contribution >= 4 is 11.6 Å². The Morgan fingerprint density at radius 1 is 1.29 bits per heavy atom. The van der Waals surface area contributed by atoms with E-state index in [0.29, 0.717) is 18.4 Å². The van der Waals surface area contributed by atoms with E-state index in [4.69, 9.17) is 5.10 Å². The second-order valence-corrected chi connectivity index (χ2v) is 6.38. The van der Waals surface area contributed by atoms with E-state index in [1.54, 1.807) is 9.91 Å². The van der Waals surface area contributed by atoms with Crippen LogP contribution in [0.25, 0.3) is 0 Å². The van der Waals surface area contributed by atoms with Crippen molar-refractivity contribution in [3.8, 4) is 0 Å². The molecule has 3 fully saturated rings. The van der Waals surface area contributed by atoms with Crippen molar-refractivity contribution in [2.45, 2.75) is 38.3 Å². The highest BCUT2D eigenvalue weighted by Crippen LogP contribution is 2.36. The first kappa shape index (κ1) is 13.0. The van der Waals surface area contributed by atoms with Crippen molar-refractivity contribution in [2.75, 3.05) is 13.1 Å². The van der Waals surface area contributed by atoms with Crippen LogP contribution >= 0.6 is 0 Å². The average Bonchev–Trinajstić information content (AvgIpc) is 2.98. The van der Waals surface area contributed by atoms with E-state index in [-0.39, 0.29) is 11.9 Å². The number of rotatable bonds is 2. The largest absolute Gasteiger partial charge is 0.326 e. The van der Waals surface area contributed by atoms with Crippen molar-refractivity contribution < 1.29 is 9.69 Å². The molecule has 4 aliphatic rings. The van der Waals surface area contributed by atoms with Gasteiger partial charge in [0, 0.05) is 25.2 Å². The predicted molar refractivity (Wildman–Crippen MR) is 81.0 cm³/mol. The smallest absolute Gasteiger partial charge is 0.243 e. The van der Waals surface area contributed by atoms with Gasteiger partial charge in [0.1, 0.15) is 11.8 Å². The van der Waals surface area contributed by atoms with Gasteiger partial charge in [-0.25, -0.2) is 5.01 Å². The monoisotopic (exact) mass is 284 g/mol. The molecule has 0 aliphatic carbocycles. The summed E-state index contributed by atoms with van der Waals surface area (Å²) in [7, 11) is 0. The van der Waals surface area contributed by atoms with E-state index in [0.717, 1.165) is 0 Å². The van der Waals surface area contributed by atoms with E-state index in [1.807, 2.05) is 13.0 Å². The fourth-order valence-corrected chi connectivity index (χ4v) is 4.27. The van der Waals surface area contributed by atoms with Gasteiger partial charge in [0.2, 0.25) is 5.91 Å². The maximum atomic E-state index is 12.4. The topological polar surface area (TPSA) is 37.1 Å². The molecule has 1 aromatic carbocycles. The quantitative estimate of drug-likeness (QED) is 0.865. The average molecular weight is 284 g/mol. The number of fused-ring (bicyclic) bond motifs is 2. The van der Waals surface area contributed by atoms with Crippen molar-refractivity contribution in [2.24, 2.45) is 11.0 Å². The van der Waals surface area contributed by atoms with E-state index in [2.05, 4.69) is 24.3 Å². The molecule has 1 aromatic rings. The van der Waals surface area contributed by atoms with Gasteiger partial charge in [-0.1, -0.05) is 37.3 Å². The number of nitrogens with zero attached hydrogens (tertiary/aromatic N) is 2. The molecule has 0 aromatic heterocycles. The number of benzene rings is 1. The Morgan fingerprint density at radius 2 is 2.00 bits per heavy atom. The molecule has 21 heavy (non-hydrogen) atoms. The van der Waals surface area contributed by atoms with E-state index < -0.39 is 0 Å². The van der Waals surface area contributed by atoms with Crippen LogP contribution in [0.3, 0.4) is 0 Å². The fourth-order valence-electron chi connectivity index (χ4n) is 4.27. The zero-order valence-electron chi connectivity index (χ0n) is 12.5. The van der Waals surface area contributed by atoms with E-state index in [9.17, 15) is 4.79 Å². The maximum Gasteiger partial charge on any atom is 0.243 e. The summed E-state index contributed by atoms with van der Waals surface area (Å²) in [5, 5.41) is 6.59. The molecule has 0 saturated carbocycles. The summed E-state index contributed by atoms with van der Waals surface area (Å²) in [6, 6.07) is 10.9. The van der Waals surface area contributed by atoms with Gasteiger partial charge in [-0.15, -0.1) is 0 Å². The zero-order valence-corrected chi connectivity index (χ0v) is 12.5. The molecule has 0 spiro atoms. The third-order valence-electron chi connectivity index (χ3n) is 5.31.